The first-order valence-corrected chi connectivity index (χ1v) is 10.00. The van der Waals surface area contributed by atoms with E-state index in [0.29, 0.717) is 17.2 Å². The Morgan fingerprint density at radius 3 is 2.65 bits per heavy atom. The molecule has 0 N–H and O–H groups in total. The van der Waals surface area contributed by atoms with Crippen molar-refractivity contribution in [3.63, 3.8) is 0 Å². The van der Waals surface area contributed by atoms with E-state index in [-0.39, 0.29) is 12.7 Å². The molecule has 4 unspecified atom stereocenters. The van der Waals surface area contributed by atoms with Gasteiger partial charge < -0.3 is 19.1 Å². The number of carbonyl (C=O) groups is 3. The minimum atomic E-state index is -0.875. The number of hydrogen-bond donors (Lipinski definition) is 0. The van der Waals surface area contributed by atoms with Crippen LogP contribution in [0.25, 0.3) is 6.08 Å². The summed E-state index contributed by atoms with van der Waals surface area (Å²) in [5, 5.41) is 0. The van der Waals surface area contributed by atoms with Crippen LogP contribution in [0.3, 0.4) is 0 Å². The van der Waals surface area contributed by atoms with Gasteiger partial charge in [-0.3, -0.25) is 9.59 Å². The van der Waals surface area contributed by atoms with E-state index in [1.165, 1.54) is 12.0 Å². The van der Waals surface area contributed by atoms with Gasteiger partial charge in [0.2, 0.25) is 18.6 Å². The highest BCUT2D eigenvalue weighted by Gasteiger charge is 2.65. The van der Waals surface area contributed by atoms with Gasteiger partial charge in [0.25, 0.3) is 0 Å². The van der Waals surface area contributed by atoms with Crippen molar-refractivity contribution >= 4 is 29.5 Å². The van der Waals surface area contributed by atoms with Gasteiger partial charge in [-0.15, -0.1) is 0 Å². The first kappa shape index (κ1) is 18.0. The molecule has 4 heterocycles. The van der Waals surface area contributed by atoms with Crippen LogP contribution in [0.15, 0.2) is 48.7 Å². The Kier molecular flexibility index (Phi) is 3.68. The summed E-state index contributed by atoms with van der Waals surface area (Å²) in [4.78, 5) is 42.9. The first-order valence-electron chi connectivity index (χ1n) is 10.00. The number of fused-ring (bicyclic) bond motifs is 6. The topological polar surface area (TPSA) is 85.4 Å². The Morgan fingerprint density at radius 1 is 1.03 bits per heavy atom. The monoisotopic (exact) mass is 418 g/mol. The molecule has 4 aliphatic heterocycles. The van der Waals surface area contributed by atoms with Crippen molar-refractivity contribution in [2.45, 2.75) is 12.1 Å². The van der Waals surface area contributed by atoms with E-state index in [1.54, 1.807) is 29.3 Å². The molecule has 156 valence electrons. The fourth-order valence-electron chi connectivity index (χ4n) is 5.23. The van der Waals surface area contributed by atoms with Crippen molar-refractivity contribution in [3.8, 4) is 11.5 Å². The zero-order chi connectivity index (χ0) is 21.3. The van der Waals surface area contributed by atoms with Crippen molar-refractivity contribution in [2.24, 2.45) is 11.8 Å². The molecule has 2 amide bonds. The van der Waals surface area contributed by atoms with Crippen LogP contribution >= 0.6 is 0 Å². The third kappa shape index (κ3) is 2.32. The molecule has 0 radical (unpaired) electrons. The summed E-state index contributed by atoms with van der Waals surface area (Å²) in [7, 11) is 1.29. The first-order chi connectivity index (χ1) is 15.1. The van der Waals surface area contributed by atoms with E-state index < -0.39 is 35.8 Å². The summed E-state index contributed by atoms with van der Waals surface area (Å²) in [5.41, 5.74) is 2.29. The van der Waals surface area contributed by atoms with Crippen LogP contribution < -0.4 is 14.4 Å². The number of anilines is 1. The van der Waals surface area contributed by atoms with Gasteiger partial charge in [0, 0.05) is 12.3 Å². The van der Waals surface area contributed by atoms with E-state index in [2.05, 4.69) is 0 Å². The Balaban J connectivity index is 1.47. The minimum Gasteiger partial charge on any atom is -0.467 e. The van der Waals surface area contributed by atoms with Crippen molar-refractivity contribution in [2.75, 3.05) is 18.8 Å². The largest absolute Gasteiger partial charge is 0.467 e. The summed E-state index contributed by atoms with van der Waals surface area (Å²) in [6, 6.07) is 11.4. The SMILES string of the molecule is COC(=O)C1C2C(=O)N(c3ccc4c(c3)OCO4)C(=O)C2C2c3ccccc3C=CN12. The lowest BCUT2D eigenvalue weighted by molar-refractivity contribution is -0.148. The molecule has 0 spiro atoms. The van der Waals surface area contributed by atoms with E-state index in [1.807, 2.05) is 30.3 Å². The van der Waals surface area contributed by atoms with Gasteiger partial charge in [0.1, 0.15) is 6.04 Å². The standard InChI is InChI=1S/C23H18N2O6/c1-29-23(28)20-18-17(19-14-5-3-2-4-12(14)8-9-24(19)20)21(26)25(22(18)27)13-6-7-15-16(10-13)31-11-30-15/h2-10,17-20H,11H2,1H3. The normalized spacial score (nSPS) is 27.3. The molecule has 2 aromatic rings. The average Bonchev–Trinajstić information content (AvgIpc) is 3.46. The number of rotatable bonds is 2. The summed E-state index contributed by atoms with van der Waals surface area (Å²) in [6.07, 6.45) is 3.69. The Bertz CT molecular complexity index is 1170. The van der Waals surface area contributed by atoms with Crippen LogP contribution in [0.2, 0.25) is 0 Å². The second-order valence-corrected chi connectivity index (χ2v) is 7.91. The summed E-state index contributed by atoms with van der Waals surface area (Å²) in [5.74, 6) is -1.78. The average molecular weight is 418 g/mol. The lowest BCUT2D eigenvalue weighted by Gasteiger charge is -2.34. The Hall–Kier alpha value is -3.81. The predicted molar refractivity (Wildman–Crippen MR) is 108 cm³/mol. The van der Waals surface area contributed by atoms with Gasteiger partial charge in [-0.05, 0) is 29.3 Å². The van der Waals surface area contributed by atoms with E-state index in [4.69, 9.17) is 14.2 Å². The fraction of sp³-hybridized carbons (Fsp3) is 0.261. The third-order valence-electron chi connectivity index (χ3n) is 6.52. The lowest BCUT2D eigenvalue weighted by Crippen LogP contribution is -2.44. The number of imide groups is 1. The molecule has 0 aromatic heterocycles. The van der Waals surface area contributed by atoms with Crippen LogP contribution in [0.4, 0.5) is 5.69 Å². The molecule has 4 atom stereocenters. The number of ether oxygens (including phenoxy) is 3. The smallest absolute Gasteiger partial charge is 0.329 e. The third-order valence-corrected chi connectivity index (χ3v) is 6.52. The van der Waals surface area contributed by atoms with Gasteiger partial charge in [0.15, 0.2) is 11.5 Å². The minimum absolute atomic E-state index is 0.0937. The van der Waals surface area contributed by atoms with Crippen LogP contribution in [0.5, 0.6) is 11.5 Å². The maximum Gasteiger partial charge on any atom is 0.329 e. The second-order valence-electron chi connectivity index (χ2n) is 7.91. The van der Waals surface area contributed by atoms with Crippen molar-refractivity contribution in [3.05, 3.63) is 59.8 Å². The number of carbonyl (C=O) groups excluding carboxylic acids is 3. The van der Waals surface area contributed by atoms with Crippen molar-refractivity contribution < 1.29 is 28.6 Å². The molecule has 2 aromatic carbocycles. The highest BCUT2D eigenvalue weighted by molar-refractivity contribution is 6.24. The van der Waals surface area contributed by atoms with Crippen LogP contribution in [-0.2, 0) is 19.1 Å². The van der Waals surface area contributed by atoms with Crippen molar-refractivity contribution in [1.82, 2.24) is 4.90 Å². The van der Waals surface area contributed by atoms with Crippen LogP contribution in [0.1, 0.15) is 17.2 Å². The molecule has 8 nitrogen and oxygen atoms in total. The quantitative estimate of drug-likeness (QED) is 0.545. The molecular formula is C23H18N2O6. The molecule has 4 aliphatic rings. The molecule has 0 aliphatic carbocycles. The molecule has 31 heavy (non-hydrogen) atoms. The zero-order valence-corrected chi connectivity index (χ0v) is 16.6. The fourth-order valence-corrected chi connectivity index (χ4v) is 5.23. The molecular weight excluding hydrogens is 400 g/mol. The van der Waals surface area contributed by atoms with Gasteiger partial charge >= 0.3 is 5.97 Å². The van der Waals surface area contributed by atoms with E-state index >= 15 is 0 Å². The molecule has 8 heteroatoms. The lowest BCUT2D eigenvalue weighted by atomic mass is 9.84. The van der Waals surface area contributed by atoms with E-state index in [0.717, 1.165) is 11.1 Å². The maximum atomic E-state index is 13.6. The number of benzene rings is 2. The number of nitrogens with zero attached hydrogens (tertiary/aromatic N) is 2. The zero-order valence-electron chi connectivity index (χ0n) is 16.6. The molecule has 2 saturated heterocycles. The van der Waals surface area contributed by atoms with Gasteiger partial charge in [0.05, 0.1) is 30.7 Å². The number of esters is 1. The summed E-state index contributed by atoms with van der Waals surface area (Å²) >= 11 is 0. The van der Waals surface area contributed by atoms with Gasteiger partial charge in [-0.2, -0.15) is 0 Å². The highest BCUT2D eigenvalue weighted by atomic mass is 16.7. The molecule has 0 bridgehead atoms. The Morgan fingerprint density at radius 2 is 1.81 bits per heavy atom. The van der Waals surface area contributed by atoms with Gasteiger partial charge in [-0.1, -0.05) is 24.3 Å². The Labute approximate surface area is 177 Å². The number of amides is 2. The number of hydrogen-bond acceptors (Lipinski definition) is 7. The number of methoxy groups -OCH3 is 1. The van der Waals surface area contributed by atoms with Crippen molar-refractivity contribution in [1.29, 1.82) is 0 Å². The molecule has 0 saturated carbocycles. The van der Waals surface area contributed by atoms with Crippen LogP contribution in [-0.4, -0.2) is 42.6 Å². The van der Waals surface area contributed by atoms with Gasteiger partial charge in [-0.25, -0.2) is 9.69 Å². The predicted octanol–water partition coefficient (Wildman–Crippen LogP) is 2.10. The van der Waals surface area contributed by atoms with Crippen LogP contribution in [0, 0.1) is 11.8 Å². The highest BCUT2D eigenvalue weighted by Crippen LogP contribution is 2.53. The maximum absolute atomic E-state index is 13.6. The molecule has 6 rings (SSSR count). The molecule has 2 fully saturated rings. The van der Waals surface area contributed by atoms with E-state index in [9.17, 15) is 14.4 Å². The summed E-state index contributed by atoms with van der Waals surface area (Å²) < 4.78 is 15.8. The second kappa shape index (κ2) is 6.34. The summed E-state index contributed by atoms with van der Waals surface area (Å²) in [6.45, 7) is 0.0937.